The van der Waals surface area contributed by atoms with E-state index in [0.717, 1.165) is 22.4 Å². The highest BCUT2D eigenvalue weighted by Gasteiger charge is 2.33. The third-order valence-corrected chi connectivity index (χ3v) is 6.29. The number of carboxylic acid groups (broad SMARTS) is 1. The molecule has 176 valence electrons. The van der Waals surface area contributed by atoms with E-state index < -0.39 is 12.0 Å². The number of carbonyl (C=O) groups is 2. The molecule has 35 heavy (non-hydrogen) atoms. The van der Waals surface area contributed by atoms with Gasteiger partial charge in [-0.3, -0.25) is 20.2 Å². The van der Waals surface area contributed by atoms with E-state index in [9.17, 15) is 14.7 Å². The Bertz CT molecular complexity index is 1320. The van der Waals surface area contributed by atoms with Crippen LogP contribution in [0.4, 0.5) is 5.69 Å². The van der Waals surface area contributed by atoms with Gasteiger partial charge in [-0.2, -0.15) is 5.10 Å². The average molecular weight is 468 g/mol. The summed E-state index contributed by atoms with van der Waals surface area (Å²) in [7, 11) is 0. The molecule has 8 nitrogen and oxygen atoms in total. The lowest BCUT2D eigenvalue weighted by Gasteiger charge is -2.25. The molecule has 0 saturated carbocycles. The third kappa shape index (κ3) is 4.83. The number of rotatable bonds is 8. The number of aromatic carboxylic acids is 1. The first kappa shape index (κ1) is 22.5. The quantitative estimate of drug-likeness (QED) is 0.366. The monoisotopic (exact) mass is 467 g/mol. The number of fused-ring (bicyclic) bond motifs is 1. The van der Waals surface area contributed by atoms with Crippen LogP contribution in [0, 0.1) is 0 Å². The van der Waals surface area contributed by atoms with Gasteiger partial charge in [0, 0.05) is 43.1 Å². The topological polar surface area (TPSA) is 111 Å². The van der Waals surface area contributed by atoms with E-state index in [1.807, 2.05) is 54.6 Å². The zero-order valence-electron chi connectivity index (χ0n) is 19.0. The van der Waals surface area contributed by atoms with Crippen LogP contribution in [-0.4, -0.2) is 44.8 Å². The maximum absolute atomic E-state index is 13.9. The normalized spacial score (nSPS) is 13.4. The summed E-state index contributed by atoms with van der Waals surface area (Å²) in [5.74, 6) is -1.08. The molecule has 4 aromatic rings. The highest BCUT2D eigenvalue weighted by molar-refractivity contribution is 6.03. The number of aromatic nitrogens is 3. The second kappa shape index (κ2) is 9.90. The van der Waals surface area contributed by atoms with Crippen molar-refractivity contribution in [2.75, 3.05) is 11.4 Å². The molecule has 2 aromatic heterocycles. The molecule has 5 rings (SSSR count). The van der Waals surface area contributed by atoms with Crippen molar-refractivity contribution in [1.82, 2.24) is 20.5 Å². The molecule has 1 amide bonds. The van der Waals surface area contributed by atoms with Gasteiger partial charge < -0.3 is 10.0 Å². The van der Waals surface area contributed by atoms with E-state index in [0.29, 0.717) is 37.2 Å². The molecular formula is C27H25N5O3. The number of anilines is 1. The highest BCUT2D eigenvalue weighted by Crippen LogP contribution is 2.36. The van der Waals surface area contributed by atoms with Crippen LogP contribution in [0.1, 0.15) is 27.2 Å². The lowest BCUT2D eigenvalue weighted by Crippen LogP contribution is -2.47. The highest BCUT2D eigenvalue weighted by atomic mass is 16.4. The second-order valence-corrected chi connectivity index (χ2v) is 8.51. The maximum Gasteiger partial charge on any atom is 0.336 e. The van der Waals surface area contributed by atoms with Crippen molar-refractivity contribution in [3.8, 4) is 11.1 Å². The summed E-state index contributed by atoms with van der Waals surface area (Å²) in [6.45, 7) is 0.895. The number of hydrogen-bond donors (Lipinski definition) is 3. The Labute approximate surface area is 202 Å². The van der Waals surface area contributed by atoms with Crippen LogP contribution in [-0.2, 0) is 24.2 Å². The van der Waals surface area contributed by atoms with Crippen LogP contribution >= 0.6 is 0 Å². The predicted octanol–water partition coefficient (Wildman–Crippen LogP) is 3.46. The van der Waals surface area contributed by atoms with Crippen LogP contribution in [0.3, 0.4) is 0 Å². The summed E-state index contributed by atoms with van der Waals surface area (Å²) in [5.41, 5.74) is 5.09. The number of nitrogens with zero attached hydrogens (tertiary/aromatic N) is 3. The van der Waals surface area contributed by atoms with Crippen LogP contribution < -0.4 is 10.2 Å². The fraction of sp³-hybridized carbons (Fsp3) is 0.185. The van der Waals surface area contributed by atoms with Crippen molar-refractivity contribution in [2.45, 2.75) is 25.4 Å². The molecule has 0 spiro atoms. The molecule has 1 aliphatic rings. The van der Waals surface area contributed by atoms with Gasteiger partial charge in [-0.25, -0.2) is 4.79 Å². The number of benzene rings is 2. The molecule has 3 N–H and O–H groups in total. The first-order valence-corrected chi connectivity index (χ1v) is 11.5. The SMILES string of the molecule is O=C(O)c1cc(-c2ccncc2)cc2c1CCN2C(=O)C(Cc1ccccc1)NCc1ccn[nH]1. The van der Waals surface area contributed by atoms with Gasteiger partial charge in [-0.1, -0.05) is 30.3 Å². The van der Waals surface area contributed by atoms with Gasteiger partial charge in [0.25, 0.3) is 0 Å². The van der Waals surface area contributed by atoms with E-state index >= 15 is 0 Å². The van der Waals surface area contributed by atoms with Crippen molar-refractivity contribution in [3.05, 3.63) is 102 Å². The van der Waals surface area contributed by atoms with E-state index in [1.165, 1.54) is 0 Å². The number of nitrogens with one attached hydrogen (secondary N) is 2. The van der Waals surface area contributed by atoms with Crippen molar-refractivity contribution in [1.29, 1.82) is 0 Å². The summed E-state index contributed by atoms with van der Waals surface area (Å²) >= 11 is 0. The molecule has 1 aliphatic heterocycles. The number of aromatic amines is 1. The number of hydrogen-bond acceptors (Lipinski definition) is 5. The van der Waals surface area contributed by atoms with Crippen LogP contribution in [0.5, 0.6) is 0 Å². The zero-order chi connectivity index (χ0) is 24.2. The number of H-pyrrole nitrogens is 1. The number of carboxylic acids is 1. The van der Waals surface area contributed by atoms with Crippen molar-refractivity contribution in [2.24, 2.45) is 0 Å². The Morgan fingerprint density at radius 3 is 2.54 bits per heavy atom. The first-order chi connectivity index (χ1) is 17.1. The van der Waals surface area contributed by atoms with Gasteiger partial charge in [-0.05, 0) is 65.4 Å². The molecule has 0 aliphatic carbocycles. The first-order valence-electron chi connectivity index (χ1n) is 11.5. The summed E-state index contributed by atoms with van der Waals surface area (Å²) in [6.07, 6.45) is 6.02. The van der Waals surface area contributed by atoms with Crippen LogP contribution in [0.25, 0.3) is 11.1 Å². The van der Waals surface area contributed by atoms with E-state index in [2.05, 4.69) is 20.5 Å². The maximum atomic E-state index is 13.9. The molecule has 0 fully saturated rings. The van der Waals surface area contributed by atoms with Crippen molar-refractivity contribution >= 4 is 17.6 Å². The minimum atomic E-state index is -0.996. The number of pyridine rings is 1. The third-order valence-electron chi connectivity index (χ3n) is 6.29. The van der Waals surface area contributed by atoms with Crippen LogP contribution in [0.2, 0.25) is 0 Å². The molecule has 8 heteroatoms. The van der Waals surface area contributed by atoms with Gasteiger partial charge >= 0.3 is 5.97 Å². The minimum Gasteiger partial charge on any atom is -0.478 e. The summed E-state index contributed by atoms with van der Waals surface area (Å²) < 4.78 is 0. The Morgan fingerprint density at radius 2 is 1.83 bits per heavy atom. The number of carbonyl (C=O) groups excluding carboxylic acids is 1. The fourth-order valence-electron chi connectivity index (χ4n) is 4.54. The van der Waals surface area contributed by atoms with Crippen molar-refractivity contribution < 1.29 is 14.7 Å². The van der Waals surface area contributed by atoms with Gasteiger partial charge in [-0.15, -0.1) is 0 Å². The Kier molecular flexibility index (Phi) is 6.36. The lowest BCUT2D eigenvalue weighted by atomic mass is 9.97. The van der Waals surface area contributed by atoms with Gasteiger partial charge in [0.15, 0.2) is 0 Å². The summed E-state index contributed by atoms with van der Waals surface area (Å²) in [4.78, 5) is 31.7. The summed E-state index contributed by atoms with van der Waals surface area (Å²) in [6, 6.07) is 18.5. The standard InChI is InChI=1S/C27H25N5O3/c33-26(24(14-18-4-2-1-3-5-18)29-17-21-8-12-30-31-21)32-13-9-22-23(27(34)35)15-20(16-25(22)32)19-6-10-28-11-7-19/h1-8,10-12,15-16,24,29H,9,13-14,17H2,(H,30,31)(H,34,35). The van der Waals surface area contributed by atoms with E-state index in [1.54, 1.807) is 29.6 Å². The van der Waals surface area contributed by atoms with E-state index in [4.69, 9.17) is 0 Å². The second-order valence-electron chi connectivity index (χ2n) is 8.51. The summed E-state index contributed by atoms with van der Waals surface area (Å²) in [5, 5.41) is 20.2. The Balaban J connectivity index is 1.49. The molecule has 1 atom stereocenters. The van der Waals surface area contributed by atoms with Gasteiger partial charge in [0.05, 0.1) is 11.6 Å². The zero-order valence-corrected chi connectivity index (χ0v) is 19.0. The smallest absolute Gasteiger partial charge is 0.336 e. The van der Waals surface area contributed by atoms with Crippen LogP contribution in [0.15, 0.2) is 79.3 Å². The largest absolute Gasteiger partial charge is 0.478 e. The lowest BCUT2D eigenvalue weighted by molar-refractivity contribution is -0.120. The fourth-order valence-corrected chi connectivity index (χ4v) is 4.54. The van der Waals surface area contributed by atoms with E-state index in [-0.39, 0.29) is 11.5 Å². The number of amides is 1. The molecule has 2 aromatic carbocycles. The van der Waals surface area contributed by atoms with Gasteiger partial charge in [0.1, 0.15) is 0 Å². The predicted molar refractivity (Wildman–Crippen MR) is 132 cm³/mol. The molecule has 1 unspecified atom stereocenters. The van der Waals surface area contributed by atoms with Crippen molar-refractivity contribution in [3.63, 3.8) is 0 Å². The minimum absolute atomic E-state index is 0.0877. The Hall–Kier alpha value is -4.30. The van der Waals surface area contributed by atoms with Gasteiger partial charge in [0.2, 0.25) is 5.91 Å². The molecule has 0 bridgehead atoms. The molecule has 0 saturated heterocycles. The molecule has 3 heterocycles. The molecule has 0 radical (unpaired) electrons. The average Bonchev–Trinajstić information content (AvgIpc) is 3.56. The Morgan fingerprint density at radius 1 is 1.03 bits per heavy atom. The molecular weight excluding hydrogens is 442 g/mol.